The van der Waals surface area contributed by atoms with Crippen molar-refractivity contribution in [2.75, 3.05) is 0 Å². The maximum atomic E-state index is 13.3. The molecule has 100 valence electrons. The molecule has 2 aromatic rings. The topological polar surface area (TPSA) is 29.5 Å². The second-order valence-corrected chi connectivity index (χ2v) is 5.04. The molecule has 0 heterocycles. The molecule has 2 nitrogen and oxygen atoms in total. The molecule has 2 aromatic carbocycles. The van der Waals surface area contributed by atoms with Crippen molar-refractivity contribution in [1.29, 1.82) is 0 Å². The van der Waals surface area contributed by atoms with E-state index in [-0.39, 0.29) is 12.4 Å². The fourth-order valence-electron chi connectivity index (χ4n) is 1.66. The van der Waals surface area contributed by atoms with E-state index >= 15 is 0 Å². The van der Waals surface area contributed by atoms with Gasteiger partial charge in [-0.3, -0.25) is 0 Å². The molecule has 1 atom stereocenters. The summed E-state index contributed by atoms with van der Waals surface area (Å²) < 4.78 is 19.3. The molecule has 0 aromatic heterocycles. The molecule has 0 aliphatic heterocycles. The van der Waals surface area contributed by atoms with Gasteiger partial charge in [-0.05, 0) is 46.6 Å². The van der Waals surface area contributed by atoms with Crippen LogP contribution in [-0.2, 0) is 6.61 Å². The van der Waals surface area contributed by atoms with Gasteiger partial charge in [0.25, 0.3) is 0 Å². The summed E-state index contributed by atoms with van der Waals surface area (Å²) in [5.74, 6) is 0.381. The van der Waals surface area contributed by atoms with Gasteiger partial charge in [0.2, 0.25) is 0 Å². The fourth-order valence-corrected chi connectivity index (χ4v) is 2.04. The van der Waals surface area contributed by atoms with E-state index in [9.17, 15) is 9.50 Å². The highest BCUT2D eigenvalue weighted by molar-refractivity contribution is 9.10. The van der Waals surface area contributed by atoms with Crippen molar-refractivity contribution < 1.29 is 14.2 Å². The van der Waals surface area contributed by atoms with Crippen LogP contribution in [0.1, 0.15) is 24.2 Å². The van der Waals surface area contributed by atoms with Crippen molar-refractivity contribution in [3.8, 4) is 5.75 Å². The minimum atomic E-state index is -0.494. The highest BCUT2D eigenvalue weighted by Crippen LogP contribution is 2.23. The third-order valence-corrected chi connectivity index (χ3v) is 3.68. The van der Waals surface area contributed by atoms with Gasteiger partial charge in [-0.15, -0.1) is 0 Å². The third kappa shape index (κ3) is 3.55. The van der Waals surface area contributed by atoms with E-state index in [1.54, 1.807) is 43.3 Å². The Bertz CT molecular complexity index is 553. The van der Waals surface area contributed by atoms with E-state index in [2.05, 4.69) is 15.9 Å². The Balaban J connectivity index is 2.04. The zero-order chi connectivity index (χ0) is 13.8. The van der Waals surface area contributed by atoms with Crippen LogP contribution in [0, 0.1) is 5.82 Å². The first-order valence-electron chi connectivity index (χ1n) is 5.91. The lowest BCUT2D eigenvalue weighted by molar-refractivity contribution is 0.199. The number of benzene rings is 2. The van der Waals surface area contributed by atoms with Gasteiger partial charge in [0.05, 0.1) is 10.6 Å². The molecule has 0 amide bonds. The molecule has 19 heavy (non-hydrogen) atoms. The molecule has 2 rings (SSSR count). The molecule has 0 bridgehead atoms. The average Bonchev–Trinajstić information content (AvgIpc) is 2.41. The van der Waals surface area contributed by atoms with E-state index in [4.69, 9.17) is 4.74 Å². The summed E-state index contributed by atoms with van der Waals surface area (Å²) in [7, 11) is 0. The Kier molecular flexibility index (Phi) is 4.56. The number of hydrogen-bond donors (Lipinski definition) is 1. The molecule has 0 saturated heterocycles. The first-order valence-corrected chi connectivity index (χ1v) is 6.71. The van der Waals surface area contributed by atoms with Gasteiger partial charge < -0.3 is 9.84 Å². The molecule has 4 heteroatoms. The Morgan fingerprint density at radius 3 is 2.53 bits per heavy atom. The molecule has 0 unspecified atom stereocenters. The van der Waals surface area contributed by atoms with Crippen molar-refractivity contribution in [2.24, 2.45) is 0 Å². The van der Waals surface area contributed by atoms with Gasteiger partial charge in [0, 0.05) is 5.56 Å². The van der Waals surface area contributed by atoms with E-state index in [1.165, 1.54) is 6.07 Å². The lowest BCUT2D eigenvalue weighted by Gasteiger charge is -2.10. The predicted octanol–water partition coefficient (Wildman–Crippen LogP) is 4.22. The Hall–Kier alpha value is -1.39. The summed E-state index contributed by atoms with van der Waals surface area (Å²) in [5, 5.41) is 9.40. The largest absolute Gasteiger partial charge is 0.489 e. The van der Waals surface area contributed by atoms with Crippen molar-refractivity contribution in [3.05, 3.63) is 63.9 Å². The Morgan fingerprint density at radius 2 is 1.89 bits per heavy atom. The Labute approximate surface area is 120 Å². The van der Waals surface area contributed by atoms with E-state index < -0.39 is 6.10 Å². The summed E-state index contributed by atoms with van der Waals surface area (Å²) in [5.41, 5.74) is 1.58. The molecule has 1 N–H and O–H groups in total. The fraction of sp³-hybridized carbons (Fsp3) is 0.200. The Morgan fingerprint density at radius 1 is 1.21 bits per heavy atom. The third-order valence-electron chi connectivity index (χ3n) is 2.79. The summed E-state index contributed by atoms with van der Waals surface area (Å²) in [6, 6.07) is 12.0. The zero-order valence-electron chi connectivity index (χ0n) is 10.4. The van der Waals surface area contributed by atoms with Crippen molar-refractivity contribution >= 4 is 15.9 Å². The molecular formula is C15H14BrFO2. The van der Waals surface area contributed by atoms with Crippen LogP contribution in [0.25, 0.3) is 0 Å². The molecule has 0 aliphatic carbocycles. The predicted molar refractivity (Wildman–Crippen MR) is 75.5 cm³/mol. The van der Waals surface area contributed by atoms with Gasteiger partial charge in [-0.1, -0.05) is 24.3 Å². The highest BCUT2D eigenvalue weighted by Gasteiger charge is 2.06. The number of aliphatic hydroxyl groups excluding tert-OH is 1. The van der Waals surface area contributed by atoms with E-state index in [1.807, 2.05) is 0 Å². The molecule has 0 radical (unpaired) electrons. The summed E-state index contributed by atoms with van der Waals surface area (Å²) in [6.45, 7) is 1.99. The monoisotopic (exact) mass is 324 g/mol. The van der Waals surface area contributed by atoms with Gasteiger partial charge in [-0.25, -0.2) is 4.39 Å². The SMILES string of the molecule is C[C@@H](O)c1ccc(OCc2cccc(F)c2Br)cc1. The van der Waals surface area contributed by atoms with Crippen LogP contribution in [-0.4, -0.2) is 5.11 Å². The smallest absolute Gasteiger partial charge is 0.137 e. The van der Waals surface area contributed by atoms with Crippen LogP contribution < -0.4 is 4.74 Å². The first-order chi connectivity index (χ1) is 9.08. The van der Waals surface area contributed by atoms with Crippen LogP contribution in [0.15, 0.2) is 46.9 Å². The average molecular weight is 325 g/mol. The molecule has 0 saturated carbocycles. The van der Waals surface area contributed by atoms with Crippen LogP contribution in [0.5, 0.6) is 5.75 Å². The second-order valence-electron chi connectivity index (χ2n) is 4.25. The standard InChI is InChI=1S/C15H14BrFO2/c1-10(18)11-5-7-13(8-6-11)19-9-12-3-2-4-14(17)15(12)16/h2-8,10,18H,9H2,1H3/t10-/m1/s1. The zero-order valence-corrected chi connectivity index (χ0v) is 12.0. The van der Waals surface area contributed by atoms with Crippen LogP contribution >= 0.6 is 15.9 Å². The summed E-state index contributed by atoms with van der Waals surface area (Å²) in [6.07, 6.45) is -0.494. The number of hydrogen-bond acceptors (Lipinski definition) is 2. The van der Waals surface area contributed by atoms with E-state index in [0.717, 1.165) is 11.1 Å². The highest BCUT2D eigenvalue weighted by atomic mass is 79.9. The van der Waals surface area contributed by atoms with Gasteiger partial charge in [0.15, 0.2) is 0 Å². The van der Waals surface area contributed by atoms with Crippen LogP contribution in [0.3, 0.4) is 0 Å². The second kappa shape index (κ2) is 6.17. The number of rotatable bonds is 4. The van der Waals surface area contributed by atoms with Crippen molar-refractivity contribution in [3.63, 3.8) is 0 Å². The van der Waals surface area contributed by atoms with Crippen LogP contribution in [0.2, 0.25) is 0 Å². The lowest BCUT2D eigenvalue weighted by atomic mass is 10.1. The number of aliphatic hydroxyl groups is 1. The normalized spacial score (nSPS) is 12.2. The van der Waals surface area contributed by atoms with Gasteiger partial charge in [-0.2, -0.15) is 0 Å². The van der Waals surface area contributed by atoms with Gasteiger partial charge in [0.1, 0.15) is 18.2 Å². The molecule has 0 spiro atoms. The van der Waals surface area contributed by atoms with Crippen molar-refractivity contribution in [1.82, 2.24) is 0 Å². The van der Waals surface area contributed by atoms with Crippen LogP contribution in [0.4, 0.5) is 4.39 Å². The maximum Gasteiger partial charge on any atom is 0.137 e. The minimum absolute atomic E-state index is 0.284. The quantitative estimate of drug-likeness (QED) is 0.912. The summed E-state index contributed by atoms with van der Waals surface area (Å²) in [4.78, 5) is 0. The number of halogens is 2. The van der Waals surface area contributed by atoms with Gasteiger partial charge >= 0.3 is 0 Å². The summed E-state index contributed by atoms with van der Waals surface area (Å²) >= 11 is 3.20. The molecule has 0 aliphatic rings. The molecular weight excluding hydrogens is 311 g/mol. The van der Waals surface area contributed by atoms with E-state index in [0.29, 0.717) is 10.2 Å². The minimum Gasteiger partial charge on any atom is -0.489 e. The number of ether oxygens (including phenoxy) is 1. The molecule has 0 fully saturated rings. The van der Waals surface area contributed by atoms with Crippen molar-refractivity contribution in [2.45, 2.75) is 19.6 Å². The maximum absolute atomic E-state index is 13.3. The first kappa shape index (κ1) is 14.0. The lowest BCUT2D eigenvalue weighted by Crippen LogP contribution is -1.98.